The summed E-state index contributed by atoms with van der Waals surface area (Å²) in [5.41, 5.74) is 1.35. The number of benzene rings is 1. The van der Waals surface area contributed by atoms with Crippen molar-refractivity contribution in [3.05, 3.63) is 59.6 Å². The van der Waals surface area contributed by atoms with Crippen molar-refractivity contribution in [1.82, 2.24) is 14.9 Å². The summed E-state index contributed by atoms with van der Waals surface area (Å²) in [6.45, 7) is 1.81. The van der Waals surface area contributed by atoms with Crippen molar-refractivity contribution in [2.45, 2.75) is 41.5 Å². The van der Waals surface area contributed by atoms with Crippen LogP contribution in [0.5, 0.6) is 5.75 Å². The van der Waals surface area contributed by atoms with Crippen molar-refractivity contribution in [3.63, 3.8) is 0 Å². The molecular formula is C21H22N4O5S2. The van der Waals surface area contributed by atoms with Crippen LogP contribution in [0.1, 0.15) is 34.7 Å². The Balaban J connectivity index is 1.55. The molecule has 1 aliphatic carbocycles. The van der Waals surface area contributed by atoms with Gasteiger partial charge >= 0.3 is 0 Å². The Hall–Kier alpha value is -2.89. The van der Waals surface area contributed by atoms with Gasteiger partial charge in [0.15, 0.2) is 0 Å². The van der Waals surface area contributed by atoms with Crippen LogP contribution in [0, 0.1) is 6.92 Å². The van der Waals surface area contributed by atoms with E-state index in [2.05, 4.69) is 20.2 Å². The van der Waals surface area contributed by atoms with Gasteiger partial charge in [0.05, 0.1) is 29.0 Å². The summed E-state index contributed by atoms with van der Waals surface area (Å²) in [5, 5.41) is 7.23. The van der Waals surface area contributed by atoms with Gasteiger partial charge < -0.3 is 14.6 Å². The van der Waals surface area contributed by atoms with Crippen LogP contribution in [0.25, 0.3) is 0 Å². The van der Waals surface area contributed by atoms with E-state index in [-0.39, 0.29) is 16.6 Å². The van der Waals surface area contributed by atoms with E-state index in [1.807, 2.05) is 13.0 Å². The first-order valence-corrected chi connectivity index (χ1v) is 12.3. The SMILES string of the molecule is COc1ccc(S(=O)(=O)NC2CC2)cc1NC(=O)c1cccnc1SCc1cc(C)on1. The minimum Gasteiger partial charge on any atom is -0.495 e. The first kappa shape index (κ1) is 22.3. The summed E-state index contributed by atoms with van der Waals surface area (Å²) >= 11 is 1.35. The number of thioether (sulfide) groups is 1. The van der Waals surface area contributed by atoms with Crippen LogP contribution in [-0.4, -0.2) is 37.6 Å². The largest absolute Gasteiger partial charge is 0.495 e. The lowest BCUT2D eigenvalue weighted by Gasteiger charge is -2.14. The van der Waals surface area contributed by atoms with Crippen molar-refractivity contribution < 1.29 is 22.5 Å². The summed E-state index contributed by atoms with van der Waals surface area (Å²) in [6.07, 6.45) is 3.26. The van der Waals surface area contributed by atoms with E-state index in [0.717, 1.165) is 18.5 Å². The van der Waals surface area contributed by atoms with Gasteiger partial charge in [-0.1, -0.05) is 16.9 Å². The number of carbonyl (C=O) groups is 1. The van der Waals surface area contributed by atoms with Gasteiger partial charge in [0.2, 0.25) is 10.0 Å². The molecule has 0 unspecified atom stereocenters. The van der Waals surface area contributed by atoms with Gasteiger partial charge in [0, 0.05) is 24.1 Å². The van der Waals surface area contributed by atoms with E-state index >= 15 is 0 Å². The van der Waals surface area contributed by atoms with Crippen molar-refractivity contribution in [1.29, 1.82) is 0 Å². The van der Waals surface area contributed by atoms with E-state index < -0.39 is 15.9 Å². The molecule has 0 spiro atoms. The van der Waals surface area contributed by atoms with Crippen LogP contribution >= 0.6 is 11.8 Å². The number of nitrogens with one attached hydrogen (secondary N) is 2. The first-order chi connectivity index (χ1) is 15.4. The predicted octanol–water partition coefficient (Wildman–Crippen LogP) is 3.37. The minimum atomic E-state index is -3.68. The molecule has 1 aliphatic rings. The van der Waals surface area contributed by atoms with Gasteiger partial charge in [-0.05, 0) is 50.1 Å². The van der Waals surface area contributed by atoms with Crippen LogP contribution < -0.4 is 14.8 Å². The number of amides is 1. The normalized spacial score (nSPS) is 13.7. The lowest BCUT2D eigenvalue weighted by atomic mass is 10.2. The molecular weight excluding hydrogens is 452 g/mol. The molecule has 4 rings (SSSR count). The number of anilines is 1. The maximum absolute atomic E-state index is 13.0. The zero-order valence-electron chi connectivity index (χ0n) is 17.5. The fourth-order valence-electron chi connectivity index (χ4n) is 2.94. The molecule has 11 heteroatoms. The molecule has 1 aromatic carbocycles. The smallest absolute Gasteiger partial charge is 0.258 e. The van der Waals surface area contributed by atoms with Gasteiger partial charge in [-0.3, -0.25) is 4.79 Å². The molecule has 2 N–H and O–H groups in total. The molecule has 1 amide bonds. The van der Waals surface area contributed by atoms with E-state index in [0.29, 0.717) is 27.9 Å². The number of hydrogen-bond acceptors (Lipinski definition) is 8. The van der Waals surface area contributed by atoms with Crippen LogP contribution in [-0.2, 0) is 15.8 Å². The van der Waals surface area contributed by atoms with E-state index in [1.165, 1.54) is 37.1 Å². The highest BCUT2D eigenvalue weighted by Gasteiger charge is 2.28. The van der Waals surface area contributed by atoms with E-state index in [4.69, 9.17) is 9.26 Å². The third-order valence-electron chi connectivity index (χ3n) is 4.68. The average Bonchev–Trinajstić information content (AvgIpc) is 3.48. The van der Waals surface area contributed by atoms with Gasteiger partial charge in [-0.2, -0.15) is 0 Å². The van der Waals surface area contributed by atoms with E-state index in [9.17, 15) is 13.2 Å². The Morgan fingerprint density at radius 3 is 2.78 bits per heavy atom. The molecule has 2 heterocycles. The number of methoxy groups -OCH3 is 1. The number of carbonyl (C=O) groups excluding carboxylic acids is 1. The zero-order valence-corrected chi connectivity index (χ0v) is 19.1. The Labute approximate surface area is 190 Å². The zero-order chi connectivity index (χ0) is 22.7. The second-order valence-electron chi connectivity index (χ2n) is 7.29. The molecule has 0 bridgehead atoms. The molecule has 0 aliphatic heterocycles. The van der Waals surface area contributed by atoms with Crippen molar-refractivity contribution in [2.24, 2.45) is 0 Å². The number of aromatic nitrogens is 2. The third-order valence-corrected chi connectivity index (χ3v) is 7.23. The highest BCUT2D eigenvalue weighted by Crippen LogP contribution is 2.31. The number of nitrogens with zero attached hydrogens (tertiary/aromatic N) is 2. The van der Waals surface area contributed by atoms with Crippen molar-refractivity contribution >= 4 is 33.4 Å². The van der Waals surface area contributed by atoms with Crippen molar-refractivity contribution in [3.8, 4) is 5.75 Å². The average molecular weight is 475 g/mol. The van der Waals surface area contributed by atoms with Gasteiger partial charge in [0.1, 0.15) is 16.5 Å². The summed E-state index contributed by atoms with van der Waals surface area (Å²) in [4.78, 5) is 17.4. The number of ether oxygens (including phenoxy) is 1. The Morgan fingerprint density at radius 1 is 1.28 bits per heavy atom. The molecule has 32 heavy (non-hydrogen) atoms. The second-order valence-corrected chi connectivity index (χ2v) is 9.96. The number of aryl methyl sites for hydroxylation is 1. The fourth-order valence-corrected chi connectivity index (χ4v) is 5.14. The first-order valence-electron chi connectivity index (χ1n) is 9.87. The van der Waals surface area contributed by atoms with Crippen LogP contribution in [0.4, 0.5) is 5.69 Å². The van der Waals surface area contributed by atoms with Gasteiger partial charge in [0.25, 0.3) is 5.91 Å². The molecule has 1 fully saturated rings. The van der Waals surface area contributed by atoms with Crippen LogP contribution in [0.2, 0.25) is 0 Å². The summed E-state index contributed by atoms with van der Waals surface area (Å²) < 4.78 is 38.2. The highest BCUT2D eigenvalue weighted by atomic mass is 32.2. The number of rotatable bonds is 9. The van der Waals surface area contributed by atoms with Crippen LogP contribution in [0.3, 0.4) is 0 Å². The molecule has 2 aromatic heterocycles. The molecule has 1 saturated carbocycles. The molecule has 9 nitrogen and oxygen atoms in total. The fraction of sp³-hybridized carbons (Fsp3) is 0.286. The van der Waals surface area contributed by atoms with Gasteiger partial charge in [-0.15, -0.1) is 0 Å². The quantitative estimate of drug-likeness (QED) is 0.453. The molecule has 3 aromatic rings. The molecule has 0 atom stereocenters. The Morgan fingerprint density at radius 2 is 2.09 bits per heavy atom. The maximum atomic E-state index is 13.0. The Kier molecular flexibility index (Phi) is 6.49. The van der Waals surface area contributed by atoms with Crippen molar-refractivity contribution in [2.75, 3.05) is 12.4 Å². The Bertz CT molecular complexity index is 1240. The summed E-state index contributed by atoms with van der Waals surface area (Å²) in [7, 11) is -2.23. The topological polar surface area (TPSA) is 123 Å². The monoisotopic (exact) mass is 474 g/mol. The number of pyridine rings is 1. The van der Waals surface area contributed by atoms with Gasteiger partial charge in [-0.25, -0.2) is 18.1 Å². The van der Waals surface area contributed by atoms with E-state index in [1.54, 1.807) is 18.3 Å². The lowest BCUT2D eigenvalue weighted by Crippen LogP contribution is -2.26. The molecule has 0 saturated heterocycles. The second kappa shape index (κ2) is 9.31. The highest BCUT2D eigenvalue weighted by molar-refractivity contribution is 7.98. The third kappa shape index (κ3) is 5.29. The lowest BCUT2D eigenvalue weighted by molar-refractivity contribution is 0.102. The van der Waals surface area contributed by atoms with Crippen LogP contribution in [0.15, 0.2) is 57.0 Å². The predicted molar refractivity (Wildman–Crippen MR) is 119 cm³/mol. The molecule has 168 valence electrons. The number of hydrogen-bond donors (Lipinski definition) is 2. The molecule has 0 radical (unpaired) electrons. The maximum Gasteiger partial charge on any atom is 0.258 e. The summed E-state index contributed by atoms with van der Waals surface area (Å²) in [5.74, 6) is 1.11. The number of sulfonamides is 1. The minimum absolute atomic E-state index is 0.0244. The summed E-state index contributed by atoms with van der Waals surface area (Å²) in [6, 6.07) is 9.47. The standard InChI is InChI=1S/C21H22N4O5S2/c1-13-10-15(24-30-13)12-31-21-17(4-3-9-22-21)20(26)23-18-11-16(7-8-19(18)29-2)32(27,28)25-14-5-6-14/h3-4,7-11,14,25H,5-6,12H2,1-2H3,(H,23,26).